The fourth-order valence-electron chi connectivity index (χ4n) is 1.66. The maximum absolute atomic E-state index is 11.9. The van der Waals surface area contributed by atoms with Gasteiger partial charge in [0.25, 0.3) is 0 Å². The fraction of sp³-hybridized carbons (Fsp3) is 0.250. The van der Waals surface area contributed by atoms with Crippen molar-refractivity contribution in [3.8, 4) is 6.07 Å². The molecular weight excluding hydrogens is 202 g/mol. The van der Waals surface area contributed by atoms with Crippen LogP contribution in [0.15, 0.2) is 24.3 Å². The summed E-state index contributed by atoms with van der Waals surface area (Å²) in [4.78, 5) is 11.9. The van der Waals surface area contributed by atoms with E-state index in [1.54, 1.807) is 18.7 Å². The highest BCUT2D eigenvalue weighted by molar-refractivity contribution is 6.07. The molecule has 1 aromatic heterocycles. The second-order valence-electron chi connectivity index (χ2n) is 3.70. The van der Waals surface area contributed by atoms with Crippen LogP contribution >= 0.6 is 0 Å². The molecule has 0 aliphatic carbocycles. The van der Waals surface area contributed by atoms with Crippen molar-refractivity contribution >= 4 is 16.7 Å². The normalized spacial score (nSPS) is 12.3. The van der Waals surface area contributed by atoms with Crippen molar-refractivity contribution in [1.82, 2.24) is 9.78 Å². The third-order valence-electron chi connectivity index (χ3n) is 2.58. The Hall–Kier alpha value is -2.15. The van der Waals surface area contributed by atoms with Crippen LogP contribution in [-0.4, -0.2) is 15.6 Å². The Morgan fingerprint density at radius 1 is 1.50 bits per heavy atom. The summed E-state index contributed by atoms with van der Waals surface area (Å²) < 4.78 is 1.66. The molecule has 0 radical (unpaired) electrons. The van der Waals surface area contributed by atoms with Crippen LogP contribution in [0.3, 0.4) is 0 Å². The second-order valence-corrected chi connectivity index (χ2v) is 3.70. The van der Waals surface area contributed by atoms with E-state index in [1.807, 2.05) is 30.3 Å². The number of benzene rings is 1. The fourth-order valence-corrected chi connectivity index (χ4v) is 1.66. The molecule has 2 aromatic rings. The van der Waals surface area contributed by atoms with Gasteiger partial charge in [-0.15, -0.1) is 0 Å². The van der Waals surface area contributed by atoms with E-state index in [-0.39, 0.29) is 5.78 Å². The molecule has 0 amide bonds. The number of fused-ring (bicyclic) bond motifs is 1. The molecule has 4 heteroatoms. The van der Waals surface area contributed by atoms with Crippen LogP contribution in [0.25, 0.3) is 10.9 Å². The highest BCUT2D eigenvalue weighted by Gasteiger charge is 2.20. The molecule has 0 aliphatic heterocycles. The van der Waals surface area contributed by atoms with Gasteiger partial charge in [0, 0.05) is 12.4 Å². The van der Waals surface area contributed by atoms with Gasteiger partial charge >= 0.3 is 0 Å². The van der Waals surface area contributed by atoms with Crippen molar-refractivity contribution in [3.05, 3.63) is 30.0 Å². The number of ketones is 1. The van der Waals surface area contributed by atoms with Crippen molar-refractivity contribution in [1.29, 1.82) is 5.26 Å². The predicted octanol–water partition coefficient (Wildman–Crippen LogP) is 1.92. The molecule has 80 valence electrons. The summed E-state index contributed by atoms with van der Waals surface area (Å²) in [5, 5.41) is 13.7. The highest BCUT2D eigenvalue weighted by atomic mass is 16.1. The molecule has 0 aliphatic rings. The number of aryl methyl sites for hydroxylation is 1. The van der Waals surface area contributed by atoms with Crippen LogP contribution < -0.4 is 0 Å². The maximum atomic E-state index is 11.9. The highest BCUT2D eigenvalue weighted by Crippen LogP contribution is 2.19. The van der Waals surface area contributed by atoms with Crippen molar-refractivity contribution in [2.24, 2.45) is 13.0 Å². The summed E-state index contributed by atoms with van der Waals surface area (Å²) in [7, 11) is 1.79. The molecule has 0 N–H and O–H groups in total. The minimum atomic E-state index is -0.654. The van der Waals surface area contributed by atoms with Gasteiger partial charge in [0.2, 0.25) is 0 Å². The van der Waals surface area contributed by atoms with Crippen molar-refractivity contribution < 1.29 is 4.79 Å². The SMILES string of the molecule is CC(C#N)C(=O)c1nn(C)c2ccccc12. The minimum absolute atomic E-state index is 0.223. The van der Waals surface area contributed by atoms with E-state index in [9.17, 15) is 4.79 Å². The first kappa shape index (κ1) is 10.4. The quantitative estimate of drug-likeness (QED) is 0.716. The third kappa shape index (κ3) is 1.47. The van der Waals surface area contributed by atoms with Crippen LogP contribution in [0.5, 0.6) is 0 Å². The van der Waals surface area contributed by atoms with Gasteiger partial charge in [-0.25, -0.2) is 0 Å². The first-order chi connectivity index (χ1) is 7.65. The number of nitrogens with zero attached hydrogens (tertiary/aromatic N) is 3. The van der Waals surface area contributed by atoms with Gasteiger partial charge in [0.05, 0.1) is 11.6 Å². The molecule has 1 unspecified atom stereocenters. The zero-order chi connectivity index (χ0) is 11.7. The minimum Gasteiger partial charge on any atom is -0.291 e. The van der Waals surface area contributed by atoms with E-state index < -0.39 is 5.92 Å². The first-order valence-corrected chi connectivity index (χ1v) is 5.00. The van der Waals surface area contributed by atoms with Gasteiger partial charge in [-0.05, 0) is 13.0 Å². The van der Waals surface area contributed by atoms with E-state index in [1.165, 1.54) is 0 Å². The molecule has 16 heavy (non-hydrogen) atoms. The lowest BCUT2D eigenvalue weighted by atomic mass is 10.0. The summed E-state index contributed by atoms with van der Waals surface area (Å²) in [5.74, 6) is -0.877. The smallest absolute Gasteiger partial charge is 0.200 e. The summed E-state index contributed by atoms with van der Waals surface area (Å²) in [6.07, 6.45) is 0. The molecule has 0 saturated heterocycles. The lowest BCUT2D eigenvalue weighted by molar-refractivity contribution is 0.0952. The Bertz CT molecular complexity index is 592. The number of rotatable bonds is 2. The van der Waals surface area contributed by atoms with E-state index in [4.69, 9.17) is 5.26 Å². The lowest BCUT2D eigenvalue weighted by Gasteiger charge is -1.97. The number of Topliss-reactive ketones (excluding diaryl/α,β-unsaturated/α-hetero) is 1. The Kier molecular flexibility index (Phi) is 2.45. The topological polar surface area (TPSA) is 58.7 Å². The van der Waals surface area contributed by atoms with Crippen molar-refractivity contribution in [2.75, 3.05) is 0 Å². The number of hydrogen-bond acceptors (Lipinski definition) is 3. The number of hydrogen-bond donors (Lipinski definition) is 0. The van der Waals surface area contributed by atoms with E-state index in [2.05, 4.69) is 5.10 Å². The molecule has 1 aromatic carbocycles. The number of carbonyl (C=O) groups is 1. The molecule has 4 nitrogen and oxygen atoms in total. The van der Waals surface area contributed by atoms with E-state index in [0.717, 1.165) is 10.9 Å². The van der Waals surface area contributed by atoms with Gasteiger partial charge in [-0.1, -0.05) is 18.2 Å². The molecule has 0 bridgehead atoms. The summed E-state index contributed by atoms with van der Waals surface area (Å²) >= 11 is 0. The van der Waals surface area contributed by atoms with Crippen molar-refractivity contribution in [2.45, 2.75) is 6.92 Å². The third-order valence-corrected chi connectivity index (χ3v) is 2.58. The number of carbonyl (C=O) groups excluding carboxylic acids is 1. The monoisotopic (exact) mass is 213 g/mol. The summed E-state index contributed by atoms with van der Waals surface area (Å²) in [5.41, 5.74) is 1.28. The summed E-state index contributed by atoms with van der Waals surface area (Å²) in [6.45, 7) is 1.59. The van der Waals surface area contributed by atoms with Gasteiger partial charge in [-0.2, -0.15) is 10.4 Å². The average molecular weight is 213 g/mol. The maximum Gasteiger partial charge on any atom is 0.200 e. The number of para-hydroxylation sites is 1. The van der Waals surface area contributed by atoms with E-state index in [0.29, 0.717) is 5.69 Å². The van der Waals surface area contributed by atoms with Crippen LogP contribution in [0.1, 0.15) is 17.4 Å². The van der Waals surface area contributed by atoms with Crippen LogP contribution in [-0.2, 0) is 7.05 Å². The number of aromatic nitrogens is 2. The van der Waals surface area contributed by atoms with E-state index >= 15 is 0 Å². The second kappa shape index (κ2) is 3.78. The summed E-state index contributed by atoms with van der Waals surface area (Å²) in [6, 6.07) is 9.44. The molecular formula is C12H11N3O. The van der Waals surface area contributed by atoms with Crippen molar-refractivity contribution in [3.63, 3.8) is 0 Å². The first-order valence-electron chi connectivity index (χ1n) is 5.00. The molecule has 1 atom stereocenters. The molecule has 0 saturated carbocycles. The predicted molar refractivity (Wildman–Crippen MR) is 59.8 cm³/mol. The Labute approximate surface area is 93.1 Å². The largest absolute Gasteiger partial charge is 0.291 e. The molecule has 2 rings (SSSR count). The Balaban J connectivity index is 2.63. The van der Waals surface area contributed by atoms with Gasteiger partial charge in [-0.3, -0.25) is 9.48 Å². The van der Waals surface area contributed by atoms with Crippen LogP contribution in [0.2, 0.25) is 0 Å². The van der Waals surface area contributed by atoms with Crippen LogP contribution in [0, 0.1) is 17.2 Å². The van der Waals surface area contributed by atoms with Gasteiger partial charge in [0.1, 0.15) is 11.6 Å². The molecule has 1 heterocycles. The zero-order valence-corrected chi connectivity index (χ0v) is 9.14. The Morgan fingerprint density at radius 3 is 2.88 bits per heavy atom. The molecule has 0 fully saturated rings. The average Bonchev–Trinajstić information content (AvgIpc) is 2.65. The standard InChI is InChI=1S/C12H11N3O/c1-8(7-13)12(16)11-9-5-3-4-6-10(9)15(2)14-11/h3-6,8H,1-2H3. The Morgan fingerprint density at radius 2 is 2.19 bits per heavy atom. The van der Waals surface area contributed by atoms with Gasteiger partial charge in [0.15, 0.2) is 5.78 Å². The zero-order valence-electron chi connectivity index (χ0n) is 9.14. The van der Waals surface area contributed by atoms with Crippen LogP contribution in [0.4, 0.5) is 0 Å². The number of nitriles is 1. The lowest BCUT2D eigenvalue weighted by Crippen LogP contribution is -2.10. The molecule has 0 spiro atoms. The van der Waals surface area contributed by atoms with Gasteiger partial charge < -0.3 is 0 Å².